The Kier molecular flexibility index (Phi) is 5.54. The summed E-state index contributed by atoms with van der Waals surface area (Å²) in [4.78, 5) is 15.1. The highest BCUT2D eigenvalue weighted by Crippen LogP contribution is 2.23. The number of benzene rings is 2. The van der Waals surface area contributed by atoms with Crippen molar-refractivity contribution in [2.75, 3.05) is 11.9 Å². The van der Waals surface area contributed by atoms with E-state index < -0.39 is 0 Å². The molecule has 2 aromatic rings. The number of hydrogen-bond donors (Lipinski definition) is 5. The van der Waals surface area contributed by atoms with Gasteiger partial charge in [0.15, 0.2) is 6.04 Å². The molecule has 0 aromatic heterocycles. The van der Waals surface area contributed by atoms with Gasteiger partial charge in [-0.15, -0.1) is 0 Å². The van der Waals surface area contributed by atoms with Gasteiger partial charge >= 0.3 is 5.96 Å². The average molecular weight is 315 g/mol. The Morgan fingerprint density at radius 1 is 1.30 bits per heavy atom. The van der Waals surface area contributed by atoms with Gasteiger partial charge in [0, 0.05) is 12.1 Å². The van der Waals surface area contributed by atoms with Crippen LogP contribution in [0.4, 0.5) is 5.69 Å². The summed E-state index contributed by atoms with van der Waals surface area (Å²) in [5.74, 6) is 0.117. The lowest BCUT2D eigenvalue weighted by Crippen LogP contribution is -2.78. The van der Waals surface area contributed by atoms with E-state index in [1.54, 1.807) is 0 Å². The molecule has 2 rings (SSSR count). The third kappa shape index (κ3) is 4.69. The number of anilines is 1. The number of carbonyl (C=O) groups excluding carboxylic acids is 1. The van der Waals surface area contributed by atoms with E-state index in [2.05, 4.69) is 22.1 Å². The van der Waals surface area contributed by atoms with Crippen LogP contribution < -0.4 is 27.5 Å². The van der Waals surface area contributed by atoms with Crippen molar-refractivity contribution >= 4 is 28.3 Å². The van der Waals surface area contributed by atoms with Crippen molar-refractivity contribution < 1.29 is 15.5 Å². The van der Waals surface area contributed by atoms with Crippen molar-refractivity contribution in [2.24, 2.45) is 11.5 Å². The van der Waals surface area contributed by atoms with Crippen LogP contribution in [0.5, 0.6) is 0 Å². The monoisotopic (exact) mass is 315 g/mol. The topological polar surface area (TPSA) is 123 Å². The van der Waals surface area contributed by atoms with E-state index in [9.17, 15) is 4.79 Å². The average Bonchev–Trinajstić information content (AvgIpc) is 2.51. The third-order valence-electron chi connectivity index (χ3n) is 3.77. The molecule has 0 heterocycles. The maximum atomic E-state index is 12.2. The van der Waals surface area contributed by atoms with E-state index in [0.717, 1.165) is 23.1 Å². The molecule has 0 fully saturated rings. The fraction of sp³-hybridized carbons (Fsp3) is 0.294. The number of aryl methyl sites for hydroxylation is 1. The predicted octanol–water partition coefficient (Wildman–Crippen LogP) is -1.17. The number of nitrogens with two attached hydrogens (primary N) is 2. The summed E-state index contributed by atoms with van der Waals surface area (Å²) in [5, 5.41) is 5.25. The van der Waals surface area contributed by atoms with E-state index in [0.29, 0.717) is 13.0 Å². The lowest BCUT2D eigenvalue weighted by molar-refractivity contribution is -0.463. The standard InChI is InChI=1S/C17H23N5O/c1-11-9-13(10-12-5-2-3-6-14(11)12)22-16(23)15(18)7-4-8-21-17(19)20/h2-3,5-6,9-10,15H,4,7-8,18H2,1H3,(H,22,23)(H4,19,20,21)/p+2/t15-/m0/s1. The first kappa shape index (κ1) is 16.8. The van der Waals surface area contributed by atoms with Crippen LogP contribution in [0.3, 0.4) is 0 Å². The van der Waals surface area contributed by atoms with Gasteiger partial charge in [0.1, 0.15) is 0 Å². The fourth-order valence-corrected chi connectivity index (χ4v) is 2.53. The largest absolute Gasteiger partial charge is 0.347 e. The molecule has 0 radical (unpaired) electrons. The van der Waals surface area contributed by atoms with Gasteiger partial charge in [-0.05, 0) is 41.8 Å². The summed E-state index contributed by atoms with van der Waals surface area (Å²) in [6.45, 7) is 2.68. The normalized spacial score (nSPS) is 11.9. The Labute approximate surface area is 135 Å². The molecule has 6 nitrogen and oxygen atoms in total. The van der Waals surface area contributed by atoms with Gasteiger partial charge in [0.25, 0.3) is 5.91 Å². The second-order valence-electron chi connectivity index (χ2n) is 5.72. The van der Waals surface area contributed by atoms with Crippen LogP contribution in [0, 0.1) is 6.92 Å². The molecule has 0 saturated carbocycles. The van der Waals surface area contributed by atoms with Gasteiger partial charge < -0.3 is 11.1 Å². The molecule has 6 heteroatoms. The maximum absolute atomic E-state index is 12.2. The van der Waals surface area contributed by atoms with Gasteiger partial charge in [-0.2, -0.15) is 0 Å². The summed E-state index contributed by atoms with van der Waals surface area (Å²) in [5.41, 5.74) is 16.5. The second-order valence-corrected chi connectivity index (χ2v) is 5.72. The zero-order valence-corrected chi connectivity index (χ0v) is 13.4. The molecule has 122 valence electrons. The Bertz CT molecular complexity index is 722. The van der Waals surface area contributed by atoms with Crippen LogP contribution in [0.2, 0.25) is 0 Å². The number of guanidine groups is 1. The second kappa shape index (κ2) is 7.60. The molecule has 1 atom stereocenters. The van der Waals surface area contributed by atoms with Crippen LogP contribution in [-0.2, 0) is 4.79 Å². The number of carbonyl (C=O) groups is 1. The van der Waals surface area contributed by atoms with Gasteiger partial charge in [0.2, 0.25) is 0 Å². The molecule has 2 aromatic carbocycles. The minimum absolute atomic E-state index is 0.0793. The van der Waals surface area contributed by atoms with Gasteiger partial charge in [-0.25, -0.2) is 0 Å². The Morgan fingerprint density at radius 3 is 2.78 bits per heavy atom. The van der Waals surface area contributed by atoms with Crippen LogP contribution in [0.25, 0.3) is 10.8 Å². The first-order valence-electron chi connectivity index (χ1n) is 7.72. The zero-order chi connectivity index (χ0) is 16.8. The van der Waals surface area contributed by atoms with Crippen LogP contribution in [-0.4, -0.2) is 24.5 Å². The van der Waals surface area contributed by atoms with Crippen molar-refractivity contribution in [2.45, 2.75) is 25.8 Å². The number of amides is 1. The molecular weight excluding hydrogens is 290 g/mol. The lowest BCUT2D eigenvalue weighted by Gasteiger charge is -2.11. The first-order chi connectivity index (χ1) is 11.0. The fourth-order valence-electron chi connectivity index (χ4n) is 2.53. The number of hydrogen-bond acceptors (Lipinski definition) is 1. The van der Waals surface area contributed by atoms with Gasteiger partial charge in [0.05, 0.1) is 6.54 Å². The summed E-state index contributed by atoms with van der Waals surface area (Å²) in [6.07, 6.45) is 1.44. The van der Waals surface area contributed by atoms with Gasteiger partial charge in [-0.1, -0.05) is 24.3 Å². The summed E-state index contributed by atoms with van der Waals surface area (Å²) in [7, 11) is 0. The molecule has 0 aliphatic rings. The lowest BCUT2D eigenvalue weighted by atomic mass is 10.0. The highest BCUT2D eigenvalue weighted by atomic mass is 16.2. The maximum Gasteiger partial charge on any atom is 0.338 e. The highest BCUT2D eigenvalue weighted by Gasteiger charge is 2.17. The minimum Gasteiger partial charge on any atom is -0.347 e. The summed E-state index contributed by atoms with van der Waals surface area (Å²) in [6, 6.07) is 11.8. The molecule has 0 saturated heterocycles. The molecule has 0 spiro atoms. The Morgan fingerprint density at radius 2 is 2.04 bits per heavy atom. The van der Waals surface area contributed by atoms with Crippen molar-refractivity contribution in [1.82, 2.24) is 0 Å². The first-order valence-corrected chi connectivity index (χ1v) is 7.72. The molecule has 0 bridgehead atoms. The number of rotatable bonds is 6. The molecule has 0 unspecified atom stereocenters. The zero-order valence-electron chi connectivity index (χ0n) is 13.4. The molecule has 0 aliphatic carbocycles. The van der Waals surface area contributed by atoms with Crippen molar-refractivity contribution in [3.05, 3.63) is 42.0 Å². The van der Waals surface area contributed by atoms with E-state index in [1.807, 2.05) is 37.3 Å². The molecule has 1 amide bonds. The minimum atomic E-state index is -0.317. The van der Waals surface area contributed by atoms with Crippen LogP contribution in [0.1, 0.15) is 18.4 Å². The molecule has 9 N–H and O–H groups in total. The number of nitrogens with one attached hydrogen (secondary N) is 2. The highest BCUT2D eigenvalue weighted by molar-refractivity contribution is 5.97. The summed E-state index contributed by atoms with van der Waals surface area (Å²) < 4.78 is 0. The quantitative estimate of drug-likeness (QED) is 0.262. The van der Waals surface area contributed by atoms with E-state index in [4.69, 9.17) is 11.5 Å². The summed E-state index contributed by atoms with van der Waals surface area (Å²) >= 11 is 0. The Hall–Kier alpha value is -2.60. The van der Waals surface area contributed by atoms with Gasteiger partial charge in [-0.3, -0.25) is 21.3 Å². The van der Waals surface area contributed by atoms with Crippen molar-refractivity contribution in [3.63, 3.8) is 0 Å². The van der Waals surface area contributed by atoms with E-state index >= 15 is 0 Å². The third-order valence-corrected chi connectivity index (χ3v) is 3.77. The van der Waals surface area contributed by atoms with Crippen molar-refractivity contribution in [1.29, 1.82) is 0 Å². The van der Waals surface area contributed by atoms with Crippen molar-refractivity contribution in [3.8, 4) is 0 Å². The molecule has 0 aliphatic heterocycles. The molecular formula is C17H25N5O+2. The number of fused-ring (bicyclic) bond motifs is 1. The predicted molar refractivity (Wildman–Crippen MR) is 92.4 cm³/mol. The van der Waals surface area contributed by atoms with Crippen LogP contribution in [0.15, 0.2) is 36.4 Å². The Balaban J connectivity index is 1.98. The molecule has 23 heavy (non-hydrogen) atoms. The SMILES string of the molecule is Cc1cc(NC(=O)[C@@H]([NH3+])CCC[NH+]=C(N)N)cc2ccccc12. The van der Waals surface area contributed by atoms with E-state index in [1.165, 1.54) is 5.39 Å². The van der Waals surface area contributed by atoms with Crippen LogP contribution >= 0.6 is 0 Å². The smallest absolute Gasteiger partial charge is 0.338 e. The number of quaternary nitrogens is 1. The van der Waals surface area contributed by atoms with E-state index in [-0.39, 0.29) is 17.9 Å².